The largest absolute Gasteiger partial charge is 0.482 e. The summed E-state index contributed by atoms with van der Waals surface area (Å²) in [6.45, 7) is 4.39. The molecule has 4 nitrogen and oxygen atoms in total. The van der Waals surface area contributed by atoms with Crippen LogP contribution in [0.4, 0.5) is 0 Å². The molecule has 0 aromatic carbocycles. The molecule has 0 atom stereocenters. The first-order valence-corrected chi connectivity index (χ1v) is 4.56. The minimum absolute atomic E-state index is 0.522. The van der Waals surface area contributed by atoms with E-state index in [2.05, 4.69) is 10.4 Å². The predicted octanol–water partition coefficient (Wildman–Crippen LogP) is 1.53. The van der Waals surface area contributed by atoms with E-state index in [1.165, 1.54) is 0 Å². The van der Waals surface area contributed by atoms with E-state index in [0.717, 1.165) is 5.88 Å². The number of aliphatic imine (C=N–C) groups is 1. The van der Waals surface area contributed by atoms with Gasteiger partial charge in [0, 0.05) is 13.3 Å². The van der Waals surface area contributed by atoms with Crippen molar-refractivity contribution in [1.29, 1.82) is 0 Å². The van der Waals surface area contributed by atoms with Gasteiger partial charge in [0.15, 0.2) is 0 Å². The summed E-state index contributed by atoms with van der Waals surface area (Å²) in [6, 6.07) is 0. The lowest BCUT2D eigenvalue weighted by atomic mass is 10.6. The van der Waals surface area contributed by atoms with Crippen molar-refractivity contribution in [2.75, 3.05) is 20.8 Å². The molecule has 0 unspecified atom stereocenters. The standard InChI is InChI=1S/C10H19N3O/c1-5-7-8-12-9-13(11-3)10(6-2)14-4/h5-8,11H,9H2,1-4H3/b7-5-,10-6+,12-8?. The first kappa shape index (κ1) is 12.7. The summed E-state index contributed by atoms with van der Waals surface area (Å²) in [5.41, 5.74) is 2.98. The molecule has 14 heavy (non-hydrogen) atoms. The van der Waals surface area contributed by atoms with Gasteiger partial charge in [0.25, 0.3) is 0 Å². The molecule has 0 rings (SSSR count). The third-order valence-electron chi connectivity index (χ3n) is 1.60. The van der Waals surface area contributed by atoms with Crippen molar-refractivity contribution in [2.45, 2.75) is 13.8 Å². The fourth-order valence-electron chi connectivity index (χ4n) is 0.910. The van der Waals surface area contributed by atoms with Gasteiger partial charge in [0.1, 0.15) is 6.67 Å². The summed E-state index contributed by atoms with van der Waals surface area (Å²) in [5.74, 6) is 0.755. The Balaban J connectivity index is 4.15. The third-order valence-corrected chi connectivity index (χ3v) is 1.60. The SMILES string of the molecule is C/C=C\C=NCN(NC)/C(=C\C)OC. The number of ether oxygens (including phenoxy) is 1. The lowest BCUT2D eigenvalue weighted by Crippen LogP contribution is -2.35. The highest BCUT2D eigenvalue weighted by molar-refractivity contribution is 5.70. The number of hydrogen-bond acceptors (Lipinski definition) is 4. The summed E-state index contributed by atoms with van der Waals surface area (Å²) >= 11 is 0. The average molecular weight is 197 g/mol. The maximum Gasteiger partial charge on any atom is 0.200 e. The number of allylic oxidation sites excluding steroid dienone is 3. The first-order valence-electron chi connectivity index (χ1n) is 4.56. The van der Waals surface area contributed by atoms with Crippen LogP contribution in [-0.2, 0) is 4.74 Å². The summed E-state index contributed by atoms with van der Waals surface area (Å²) < 4.78 is 5.14. The van der Waals surface area contributed by atoms with Crippen molar-refractivity contribution in [1.82, 2.24) is 10.4 Å². The molecule has 0 aliphatic carbocycles. The lowest BCUT2D eigenvalue weighted by molar-refractivity contribution is 0.122. The normalized spacial score (nSPS) is 12.7. The van der Waals surface area contributed by atoms with Crippen LogP contribution in [0.3, 0.4) is 0 Å². The van der Waals surface area contributed by atoms with E-state index in [1.807, 2.05) is 39.1 Å². The van der Waals surface area contributed by atoms with Gasteiger partial charge < -0.3 is 4.74 Å². The van der Waals surface area contributed by atoms with Gasteiger partial charge in [0.2, 0.25) is 5.88 Å². The number of nitrogens with one attached hydrogen (secondary N) is 1. The van der Waals surface area contributed by atoms with Crippen LogP contribution < -0.4 is 5.43 Å². The zero-order valence-corrected chi connectivity index (χ0v) is 9.32. The fourth-order valence-corrected chi connectivity index (χ4v) is 0.910. The van der Waals surface area contributed by atoms with Crippen LogP contribution in [0.2, 0.25) is 0 Å². The Bertz CT molecular complexity index is 221. The van der Waals surface area contributed by atoms with E-state index in [9.17, 15) is 0 Å². The molecule has 80 valence electrons. The van der Waals surface area contributed by atoms with Gasteiger partial charge in [0.05, 0.1) is 7.11 Å². The molecule has 0 spiro atoms. The number of nitrogens with zero attached hydrogens (tertiary/aromatic N) is 2. The van der Waals surface area contributed by atoms with Crippen LogP contribution >= 0.6 is 0 Å². The minimum Gasteiger partial charge on any atom is -0.482 e. The van der Waals surface area contributed by atoms with Crippen LogP contribution in [0.1, 0.15) is 13.8 Å². The third kappa shape index (κ3) is 4.67. The topological polar surface area (TPSA) is 36.9 Å². The highest BCUT2D eigenvalue weighted by Gasteiger charge is 2.03. The zero-order chi connectivity index (χ0) is 10.8. The van der Waals surface area contributed by atoms with Crippen LogP contribution in [-0.4, -0.2) is 32.0 Å². The second-order valence-corrected chi connectivity index (χ2v) is 2.48. The van der Waals surface area contributed by atoms with Crippen molar-refractivity contribution >= 4 is 6.21 Å². The van der Waals surface area contributed by atoms with Gasteiger partial charge in [-0.2, -0.15) is 0 Å². The van der Waals surface area contributed by atoms with Gasteiger partial charge in [-0.3, -0.25) is 10.0 Å². The molecule has 0 aliphatic heterocycles. The highest BCUT2D eigenvalue weighted by Crippen LogP contribution is 2.00. The molecule has 4 heteroatoms. The van der Waals surface area contributed by atoms with Gasteiger partial charge >= 0.3 is 0 Å². The Morgan fingerprint density at radius 3 is 2.64 bits per heavy atom. The van der Waals surface area contributed by atoms with Crippen molar-refractivity contribution < 1.29 is 4.74 Å². The summed E-state index contributed by atoms with van der Waals surface area (Å²) in [7, 11) is 3.46. The van der Waals surface area contributed by atoms with E-state index < -0.39 is 0 Å². The monoisotopic (exact) mass is 197 g/mol. The Morgan fingerprint density at radius 1 is 1.50 bits per heavy atom. The maximum atomic E-state index is 5.14. The van der Waals surface area contributed by atoms with Crippen LogP contribution in [0.15, 0.2) is 29.1 Å². The molecule has 0 heterocycles. The molecule has 0 fully saturated rings. The van der Waals surface area contributed by atoms with Gasteiger partial charge in [-0.1, -0.05) is 6.08 Å². The maximum absolute atomic E-state index is 5.14. The molecular formula is C10H19N3O. The molecule has 0 aromatic rings. The Hall–Kier alpha value is -1.29. The molecule has 0 aromatic heterocycles. The van der Waals surface area contributed by atoms with Crippen molar-refractivity contribution in [2.24, 2.45) is 4.99 Å². The Labute approximate surface area is 85.9 Å². The Morgan fingerprint density at radius 2 is 2.21 bits per heavy atom. The molecule has 1 N–H and O–H groups in total. The van der Waals surface area contributed by atoms with Crippen molar-refractivity contribution in [3.8, 4) is 0 Å². The molecule has 0 bridgehead atoms. The number of methoxy groups -OCH3 is 1. The van der Waals surface area contributed by atoms with E-state index >= 15 is 0 Å². The fraction of sp³-hybridized carbons (Fsp3) is 0.500. The smallest absolute Gasteiger partial charge is 0.200 e. The average Bonchev–Trinajstić information content (AvgIpc) is 2.23. The van der Waals surface area contributed by atoms with Crippen molar-refractivity contribution in [3.05, 3.63) is 24.1 Å². The van der Waals surface area contributed by atoms with E-state index in [4.69, 9.17) is 4.74 Å². The van der Waals surface area contributed by atoms with Crippen LogP contribution in [0.5, 0.6) is 0 Å². The zero-order valence-electron chi connectivity index (χ0n) is 9.32. The summed E-state index contributed by atoms with van der Waals surface area (Å²) in [4.78, 5) is 4.18. The van der Waals surface area contributed by atoms with Crippen LogP contribution in [0, 0.1) is 0 Å². The predicted molar refractivity (Wildman–Crippen MR) is 59.8 cm³/mol. The van der Waals surface area contributed by atoms with Crippen molar-refractivity contribution in [3.63, 3.8) is 0 Å². The number of hydrazine groups is 1. The molecule has 0 saturated carbocycles. The Kier molecular flexibility index (Phi) is 7.55. The molecule has 0 radical (unpaired) electrons. The second-order valence-electron chi connectivity index (χ2n) is 2.48. The minimum atomic E-state index is 0.522. The number of hydrogen-bond donors (Lipinski definition) is 1. The first-order chi connectivity index (χ1) is 6.79. The number of rotatable bonds is 6. The van der Waals surface area contributed by atoms with Gasteiger partial charge in [-0.05, 0) is 26.0 Å². The summed E-state index contributed by atoms with van der Waals surface area (Å²) in [6.07, 6.45) is 7.45. The van der Waals surface area contributed by atoms with Gasteiger partial charge in [-0.15, -0.1) is 0 Å². The van der Waals surface area contributed by atoms with Gasteiger partial charge in [-0.25, -0.2) is 5.43 Å². The quantitative estimate of drug-likeness (QED) is 0.398. The van der Waals surface area contributed by atoms with Crippen LogP contribution in [0.25, 0.3) is 0 Å². The summed E-state index contributed by atoms with van der Waals surface area (Å²) in [5, 5.41) is 1.81. The second kappa shape index (κ2) is 8.31. The molecular weight excluding hydrogens is 178 g/mol. The van der Waals surface area contributed by atoms with E-state index in [0.29, 0.717) is 6.67 Å². The molecule has 0 amide bonds. The molecule has 0 saturated heterocycles. The highest BCUT2D eigenvalue weighted by atomic mass is 16.5. The van der Waals surface area contributed by atoms with E-state index in [1.54, 1.807) is 18.3 Å². The lowest BCUT2D eigenvalue weighted by Gasteiger charge is -2.22. The molecule has 0 aliphatic rings. The van der Waals surface area contributed by atoms with E-state index in [-0.39, 0.29) is 0 Å².